The predicted molar refractivity (Wildman–Crippen MR) is 75.3 cm³/mol. The topological polar surface area (TPSA) is 18.5 Å². The van der Waals surface area contributed by atoms with Crippen LogP contribution in [0.3, 0.4) is 0 Å². The van der Waals surface area contributed by atoms with E-state index in [0.29, 0.717) is 0 Å². The van der Waals surface area contributed by atoms with Crippen LogP contribution in [0.15, 0.2) is 18.2 Å². The van der Waals surface area contributed by atoms with E-state index in [-0.39, 0.29) is 0 Å². The summed E-state index contributed by atoms with van der Waals surface area (Å²) >= 11 is 3.44. The predicted octanol–water partition coefficient (Wildman–Crippen LogP) is 4.55. The quantitative estimate of drug-likeness (QED) is 0.518. The highest BCUT2D eigenvalue weighted by Gasteiger charge is 2.05. The lowest BCUT2D eigenvalue weighted by atomic mass is 10.2. The minimum atomic E-state index is 0.766. The molecule has 1 aromatic rings. The average molecular weight is 301 g/mol. The van der Waals surface area contributed by atoms with E-state index in [0.717, 1.165) is 29.9 Å². The van der Waals surface area contributed by atoms with Crippen molar-refractivity contribution < 1.29 is 9.47 Å². The zero-order valence-corrected chi connectivity index (χ0v) is 12.3. The summed E-state index contributed by atoms with van der Waals surface area (Å²) in [5.41, 5.74) is 1.20. The van der Waals surface area contributed by atoms with Gasteiger partial charge in [0.2, 0.25) is 0 Å². The smallest absolute Gasteiger partial charge is 0.161 e. The number of benzene rings is 1. The summed E-state index contributed by atoms with van der Waals surface area (Å²) in [6.45, 7) is 2.98. The van der Waals surface area contributed by atoms with Crippen molar-refractivity contribution in [2.75, 3.05) is 13.7 Å². The first-order valence-corrected chi connectivity index (χ1v) is 7.29. The Kier molecular flexibility index (Phi) is 7.10. The minimum Gasteiger partial charge on any atom is -0.493 e. The van der Waals surface area contributed by atoms with Crippen LogP contribution < -0.4 is 9.47 Å². The number of hydrogen-bond donors (Lipinski definition) is 0. The Hall–Kier alpha value is -0.700. The van der Waals surface area contributed by atoms with Crippen LogP contribution in [0.25, 0.3) is 0 Å². The van der Waals surface area contributed by atoms with Crippen LogP contribution in [0.4, 0.5) is 0 Å². The zero-order chi connectivity index (χ0) is 12.5. The molecule has 0 atom stereocenters. The number of halogens is 1. The summed E-state index contributed by atoms with van der Waals surface area (Å²) in [4.78, 5) is 0. The van der Waals surface area contributed by atoms with Gasteiger partial charge in [-0.25, -0.2) is 0 Å². The normalized spacial score (nSPS) is 10.3. The molecule has 0 saturated carbocycles. The first-order chi connectivity index (χ1) is 8.31. The number of ether oxygens (including phenoxy) is 2. The second kappa shape index (κ2) is 8.40. The van der Waals surface area contributed by atoms with Crippen LogP contribution in [-0.2, 0) is 5.33 Å². The van der Waals surface area contributed by atoms with Gasteiger partial charge in [-0.15, -0.1) is 0 Å². The highest BCUT2D eigenvalue weighted by molar-refractivity contribution is 9.08. The summed E-state index contributed by atoms with van der Waals surface area (Å²) < 4.78 is 11.1. The van der Waals surface area contributed by atoms with Crippen molar-refractivity contribution in [3.05, 3.63) is 23.8 Å². The van der Waals surface area contributed by atoms with Crippen molar-refractivity contribution in [1.29, 1.82) is 0 Å². The van der Waals surface area contributed by atoms with E-state index < -0.39 is 0 Å². The average Bonchev–Trinajstić information content (AvgIpc) is 2.38. The van der Waals surface area contributed by atoms with E-state index >= 15 is 0 Å². The van der Waals surface area contributed by atoms with E-state index in [2.05, 4.69) is 22.9 Å². The summed E-state index contributed by atoms with van der Waals surface area (Å²) in [6.07, 6.45) is 4.87. The first kappa shape index (κ1) is 14.4. The molecule has 0 aliphatic carbocycles. The summed E-state index contributed by atoms with van der Waals surface area (Å²) in [5, 5.41) is 0.836. The molecule has 0 saturated heterocycles. The van der Waals surface area contributed by atoms with Crippen LogP contribution in [0.1, 0.15) is 38.2 Å². The standard InChI is InChI=1S/C14H21BrO2/c1-3-4-5-6-9-17-14-10-12(11-15)7-8-13(14)16-2/h7-8,10H,3-6,9,11H2,1-2H3. The fraction of sp³-hybridized carbons (Fsp3) is 0.571. The monoisotopic (exact) mass is 300 g/mol. The van der Waals surface area contributed by atoms with E-state index in [9.17, 15) is 0 Å². The Morgan fingerprint density at radius 3 is 2.59 bits per heavy atom. The van der Waals surface area contributed by atoms with Crippen molar-refractivity contribution in [1.82, 2.24) is 0 Å². The second-order valence-electron chi connectivity index (χ2n) is 4.03. The molecule has 96 valence electrons. The maximum atomic E-state index is 5.77. The van der Waals surface area contributed by atoms with Gasteiger partial charge in [0.15, 0.2) is 11.5 Å². The first-order valence-electron chi connectivity index (χ1n) is 6.17. The van der Waals surface area contributed by atoms with Gasteiger partial charge in [-0.1, -0.05) is 48.2 Å². The van der Waals surface area contributed by atoms with Crippen LogP contribution in [0.2, 0.25) is 0 Å². The maximum Gasteiger partial charge on any atom is 0.161 e. The van der Waals surface area contributed by atoms with E-state index in [1.807, 2.05) is 18.2 Å². The highest BCUT2D eigenvalue weighted by atomic mass is 79.9. The molecule has 0 radical (unpaired) electrons. The molecule has 0 spiro atoms. The summed E-state index contributed by atoms with van der Waals surface area (Å²) in [5.74, 6) is 1.66. The molecule has 0 aromatic heterocycles. The van der Waals surface area contributed by atoms with Gasteiger partial charge in [0, 0.05) is 5.33 Å². The Morgan fingerprint density at radius 2 is 1.94 bits per heavy atom. The van der Waals surface area contributed by atoms with E-state index in [1.54, 1.807) is 7.11 Å². The van der Waals surface area contributed by atoms with Gasteiger partial charge < -0.3 is 9.47 Å². The van der Waals surface area contributed by atoms with Crippen LogP contribution in [-0.4, -0.2) is 13.7 Å². The van der Waals surface area contributed by atoms with Crippen LogP contribution >= 0.6 is 15.9 Å². The molecule has 0 fully saturated rings. The third-order valence-electron chi connectivity index (χ3n) is 2.64. The fourth-order valence-corrected chi connectivity index (χ4v) is 1.98. The molecule has 0 aliphatic heterocycles. The largest absolute Gasteiger partial charge is 0.493 e. The Balaban J connectivity index is 2.49. The molecule has 0 unspecified atom stereocenters. The van der Waals surface area contributed by atoms with Crippen molar-refractivity contribution in [3.63, 3.8) is 0 Å². The Labute approximate surface area is 112 Å². The van der Waals surface area contributed by atoms with Crippen molar-refractivity contribution >= 4 is 15.9 Å². The Bertz CT molecular complexity index is 326. The fourth-order valence-electron chi connectivity index (χ4n) is 1.63. The van der Waals surface area contributed by atoms with Crippen LogP contribution in [0.5, 0.6) is 11.5 Å². The number of hydrogen-bond acceptors (Lipinski definition) is 2. The lowest BCUT2D eigenvalue weighted by molar-refractivity contribution is 0.285. The molecule has 0 amide bonds. The molecule has 1 aromatic carbocycles. The van der Waals surface area contributed by atoms with Gasteiger partial charge >= 0.3 is 0 Å². The summed E-state index contributed by atoms with van der Waals surface area (Å²) in [7, 11) is 1.67. The Morgan fingerprint density at radius 1 is 1.12 bits per heavy atom. The van der Waals surface area contributed by atoms with Crippen molar-refractivity contribution in [3.8, 4) is 11.5 Å². The van der Waals surface area contributed by atoms with Gasteiger partial charge in [0.05, 0.1) is 13.7 Å². The van der Waals surface area contributed by atoms with Crippen molar-refractivity contribution in [2.45, 2.75) is 37.9 Å². The number of alkyl halides is 1. The highest BCUT2D eigenvalue weighted by Crippen LogP contribution is 2.29. The molecular weight excluding hydrogens is 280 g/mol. The molecule has 0 heterocycles. The molecular formula is C14H21BrO2. The van der Waals surface area contributed by atoms with E-state index in [4.69, 9.17) is 9.47 Å². The molecule has 1 rings (SSSR count). The maximum absolute atomic E-state index is 5.77. The van der Waals surface area contributed by atoms with Gasteiger partial charge in [-0.05, 0) is 24.1 Å². The molecule has 0 N–H and O–H groups in total. The molecule has 2 nitrogen and oxygen atoms in total. The van der Waals surface area contributed by atoms with Gasteiger partial charge in [0.25, 0.3) is 0 Å². The third kappa shape index (κ3) is 4.99. The molecule has 17 heavy (non-hydrogen) atoms. The molecule has 0 bridgehead atoms. The lowest BCUT2D eigenvalue weighted by Gasteiger charge is -2.11. The van der Waals surface area contributed by atoms with Crippen LogP contribution in [0, 0.1) is 0 Å². The molecule has 0 aliphatic rings. The second-order valence-corrected chi connectivity index (χ2v) is 4.59. The molecule has 3 heteroatoms. The zero-order valence-electron chi connectivity index (χ0n) is 10.7. The van der Waals surface area contributed by atoms with Gasteiger partial charge in [-0.3, -0.25) is 0 Å². The van der Waals surface area contributed by atoms with Gasteiger partial charge in [0.1, 0.15) is 0 Å². The summed E-state index contributed by atoms with van der Waals surface area (Å²) in [6, 6.07) is 6.03. The number of unbranched alkanes of at least 4 members (excludes halogenated alkanes) is 3. The minimum absolute atomic E-state index is 0.766. The number of methoxy groups -OCH3 is 1. The lowest BCUT2D eigenvalue weighted by Crippen LogP contribution is -2.00. The third-order valence-corrected chi connectivity index (χ3v) is 3.29. The van der Waals surface area contributed by atoms with Crippen molar-refractivity contribution in [2.24, 2.45) is 0 Å². The SMILES string of the molecule is CCCCCCOc1cc(CBr)ccc1OC. The van der Waals surface area contributed by atoms with Gasteiger partial charge in [-0.2, -0.15) is 0 Å². The van der Waals surface area contributed by atoms with E-state index in [1.165, 1.54) is 24.8 Å². The number of rotatable bonds is 8.